The second kappa shape index (κ2) is 11.2. The molecule has 0 bridgehead atoms. The van der Waals surface area contributed by atoms with Gasteiger partial charge in [-0.3, -0.25) is 15.0 Å². The van der Waals surface area contributed by atoms with E-state index in [9.17, 15) is 12.8 Å². The number of H-pyrrole nitrogens is 2. The second-order valence-corrected chi connectivity index (χ2v) is 13.6. The molecule has 44 heavy (non-hydrogen) atoms. The van der Waals surface area contributed by atoms with Crippen LogP contribution in [0, 0.1) is 11.6 Å². The zero-order chi connectivity index (χ0) is 30.4. The highest BCUT2D eigenvalue weighted by atomic mass is 32.2. The Balaban J connectivity index is 1.27. The van der Waals surface area contributed by atoms with Crippen LogP contribution in [-0.2, 0) is 22.8 Å². The van der Waals surface area contributed by atoms with Crippen LogP contribution in [0.5, 0.6) is 0 Å². The van der Waals surface area contributed by atoms with E-state index < -0.39 is 21.5 Å². The Morgan fingerprint density at radius 3 is 2.59 bits per heavy atom. The topological polar surface area (TPSA) is 121 Å². The monoisotopic (exact) mass is 613 g/mol. The number of likely N-dealkylation sites (tertiary alicyclic amines) is 1. The van der Waals surface area contributed by atoms with Gasteiger partial charge in [0.1, 0.15) is 27.2 Å². The fourth-order valence-corrected chi connectivity index (χ4v) is 6.51. The normalized spacial score (nSPS) is 14.2. The SMILES string of the molecule is CS(=O)(=O)CCc1cc(F)cc(-c2ccnc3nc(-c4n[nH]c5ccc(-c6cncc(CN7CCCC7)c6)c(F)c45)[nH]c23)c1. The molecule has 4 aromatic heterocycles. The van der Waals surface area contributed by atoms with Crippen LogP contribution in [0.15, 0.2) is 61.1 Å². The van der Waals surface area contributed by atoms with E-state index in [4.69, 9.17) is 0 Å². The second-order valence-electron chi connectivity index (χ2n) is 11.4. The Kier molecular flexibility index (Phi) is 7.17. The number of fused-ring (bicyclic) bond motifs is 2. The number of imidazole rings is 1. The molecule has 0 amide bonds. The van der Waals surface area contributed by atoms with Gasteiger partial charge < -0.3 is 4.98 Å². The zero-order valence-corrected chi connectivity index (χ0v) is 24.8. The van der Waals surface area contributed by atoms with Crippen molar-refractivity contribution >= 4 is 31.9 Å². The predicted octanol–water partition coefficient (Wildman–Crippen LogP) is 5.69. The highest BCUT2D eigenvalue weighted by Gasteiger charge is 2.21. The van der Waals surface area contributed by atoms with Gasteiger partial charge in [-0.2, -0.15) is 5.10 Å². The molecule has 0 aliphatic carbocycles. The molecule has 2 aromatic carbocycles. The first-order valence-corrected chi connectivity index (χ1v) is 16.4. The van der Waals surface area contributed by atoms with Gasteiger partial charge in [0.25, 0.3) is 0 Å². The molecule has 0 saturated carbocycles. The Morgan fingerprint density at radius 1 is 0.955 bits per heavy atom. The standard InChI is InChI=1S/C32H29F2N7O2S/c1-44(42,43)11-7-19-12-21(15-23(33)14-19)25-6-8-36-31-29(25)37-32(38-31)30-27-26(39-40-30)5-4-24(28(27)34)22-13-20(16-35-17-22)18-41-9-2-3-10-41/h4-6,8,12-17H,2-3,7,9-11,18H2,1H3,(H,39,40)(H,36,37,38). The van der Waals surface area contributed by atoms with E-state index in [2.05, 4.69) is 35.0 Å². The predicted molar refractivity (Wildman–Crippen MR) is 165 cm³/mol. The first kappa shape index (κ1) is 28.2. The Bertz CT molecular complexity index is 2140. The molecular weight excluding hydrogens is 584 g/mol. The zero-order valence-electron chi connectivity index (χ0n) is 23.9. The van der Waals surface area contributed by atoms with Gasteiger partial charge in [-0.25, -0.2) is 27.2 Å². The highest BCUT2D eigenvalue weighted by molar-refractivity contribution is 7.90. The fraction of sp³-hybridized carbons (Fsp3) is 0.250. The number of pyridine rings is 2. The average Bonchev–Trinajstić information content (AvgIpc) is 3.75. The Hall–Kier alpha value is -4.55. The molecule has 0 spiro atoms. The molecule has 0 radical (unpaired) electrons. The summed E-state index contributed by atoms with van der Waals surface area (Å²) < 4.78 is 54.3. The molecule has 6 aromatic rings. The third-order valence-electron chi connectivity index (χ3n) is 8.02. The number of sulfone groups is 1. The van der Waals surface area contributed by atoms with E-state index in [1.807, 2.05) is 12.3 Å². The van der Waals surface area contributed by atoms with Gasteiger partial charge >= 0.3 is 0 Å². The molecule has 0 atom stereocenters. The summed E-state index contributed by atoms with van der Waals surface area (Å²) in [6, 6.07) is 11.7. The molecule has 224 valence electrons. The lowest BCUT2D eigenvalue weighted by Crippen LogP contribution is -2.18. The van der Waals surface area contributed by atoms with Crippen molar-refractivity contribution in [1.29, 1.82) is 0 Å². The number of nitrogens with one attached hydrogen (secondary N) is 2. The van der Waals surface area contributed by atoms with Crippen LogP contribution in [0.25, 0.3) is 55.8 Å². The number of hydrogen-bond donors (Lipinski definition) is 2. The Morgan fingerprint density at radius 2 is 1.77 bits per heavy atom. The van der Waals surface area contributed by atoms with Crippen molar-refractivity contribution in [2.24, 2.45) is 0 Å². The van der Waals surface area contributed by atoms with Crippen molar-refractivity contribution in [3.63, 3.8) is 0 Å². The lowest BCUT2D eigenvalue weighted by Gasteiger charge is -2.15. The van der Waals surface area contributed by atoms with Crippen LogP contribution in [0.3, 0.4) is 0 Å². The third-order valence-corrected chi connectivity index (χ3v) is 8.97. The molecule has 12 heteroatoms. The summed E-state index contributed by atoms with van der Waals surface area (Å²) in [7, 11) is -3.21. The van der Waals surface area contributed by atoms with Crippen LogP contribution >= 0.6 is 0 Å². The maximum Gasteiger partial charge on any atom is 0.178 e. The minimum atomic E-state index is -3.21. The number of aromatic nitrogens is 6. The van der Waals surface area contributed by atoms with Crippen molar-refractivity contribution in [2.75, 3.05) is 25.1 Å². The summed E-state index contributed by atoms with van der Waals surface area (Å²) in [6.45, 7) is 2.89. The van der Waals surface area contributed by atoms with Crippen molar-refractivity contribution in [3.8, 4) is 33.8 Å². The summed E-state index contributed by atoms with van der Waals surface area (Å²) >= 11 is 0. The first-order valence-electron chi connectivity index (χ1n) is 14.4. The minimum absolute atomic E-state index is 0.0888. The maximum absolute atomic E-state index is 16.3. The summed E-state index contributed by atoms with van der Waals surface area (Å²) in [6.07, 6.45) is 8.77. The molecule has 1 fully saturated rings. The fourth-order valence-electron chi connectivity index (χ4n) is 5.90. The van der Waals surface area contributed by atoms with E-state index in [-0.39, 0.29) is 23.3 Å². The molecule has 1 aliphatic heterocycles. The van der Waals surface area contributed by atoms with E-state index in [0.717, 1.165) is 31.5 Å². The van der Waals surface area contributed by atoms with E-state index in [0.29, 0.717) is 50.3 Å². The van der Waals surface area contributed by atoms with Crippen molar-refractivity contribution in [1.82, 2.24) is 35.0 Å². The minimum Gasteiger partial charge on any atom is -0.335 e. The van der Waals surface area contributed by atoms with Crippen LogP contribution < -0.4 is 0 Å². The van der Waals surface area contributed by atoms with Crippen LogP contribution in [0.1, 0.15) is 24.0 Å². The van der Waals surface area contributed by atoms with E-state index in [1.54, 1.807) is 36.7 Å². The van der Waals surface area contributed by atoms with Crippen LogP contribution in [0.2, 0.25) is 0 Å². The molecule has 2 N–H and O–H groups in total. The van der Waals surface area contributed by atoms with E-state index >= 15 is 4.39 Å². The summed E-state index contributed by atoms with van der Waals surface area (Å²) in [4.78, 5) is 19.0. The molecule has 5 heterocycles. The lowest BCUT2D eigenvalue weighted by molar-refractivity contribution is 0.331. The average molecular weight is 614 g/mol. The number of nitrogens with zero attached hydrogens (tertiary/aromatic N) is 5. The van der Waals surface area contributed by atoms with Gasteiger partial charge in [-0.15, -0.1) is 0 Å². The van der Waals surface area contributed by atoms with Gasteiger partial charge in [0.2, 0.25) is 0 Å². The number of benzene rings is 2. The van der Waals surface area contributed by atoms with Crippen LogP contribution in [-0.4, -0.2) is 68.5 Å². The number of aryl methyl sites for hydroxylation is 1. The molecule has 1 saturated heterocycles. The van der Waals surface area contributed by atoms with Gasteiger partial charge in [0.05, 0.1) is 22.2 Å². The maximum atomic E-state index is 16.3. The molecule has 7 rings (SSSR count). The van der Waals surface area contributed by atoms with Gasteiger partial charge in [0.15, 0.2) is 11.5 Å². The number of hydrogen-bond acceptors (Lipinski definition) is 7. The summed E-state index contributed by atoms with van der Waals surface area (Å²) in [5.41, 5.74) is 5.51. The largest absolute Gasteiger partial charge is 0.335 e. The van der Waals surface area contributed by atoms with Crippen molar-refractivity contribution in [3.05, 3.63) is 83.8 Å². The number of rotatable bonds is 8. The molecule has 0 unspecified atom stereocenters. The number of aromatic amines is 2. The lowest BCUT2D eigenvalue weighted by atomic mass is 10.0. The molecule has 1 aliphatic rings. The molecule has 9 nitrogen and oxygen atoms in total. The quantitative estimate of drug-likeness (QED) is 0.226. The summed E-state index contributed by atoms with van der Waals surface area (Å²) in [5, 5.41) is 7.58. The first-order chi connectivity index (χ1) is 21.2. The van der Waals surface area contributed by atoms with Crippen LogP contribution in [0.4, 0.5) is 8.78 Å². The number of halogens is 2. The molecular formula is C32H29F2N7O2S. The van der Waals surface area contributed by atoms with E-state index in [1.165, 1.54) is 25.0 Å². The van der Waals surface area contributed by atoms with Gasteiger partial charge in [-0.1, -0.05) is 6.07 Å². The van der Waals surface area contributed by atoms with Gasteiger partial charge in [0, 0.05) is 48.1 Å². The third kappa shape index (κ3) is 5.58. The smallest absolute Gasteiger partial charge is 0.178 e. The van der Waals surface area contributed by atoms with Gasteiger partial charge in [-0.05, 0) is 85.4 Å². The summed E-state index contributed by atoms with van der Waals surface area (Å²) in [5.74, 6) is -0.714. The highest BCUT2D eigenvalue weighted by Crippen LogP contribution is 2.35. The Labute approximate surface area is 252 Å². The van der Waals surface area contributed by atoms with Crippen molar-refractivity contribution in [2.45, 2.75) is 25.8 Å². The van der Waals surface area contributed by atoms with Crippen molar-refractivity contribution < 1.29 is 17.2 Å².